The molecule has 3 amide bonds. The summed E-state index contributed by atoms with van der Waals surface area (Å²) >= 11 is 0. The van der Waals surface area contributed by atoms with Crippen LogP contribution >= 0.6 is 0 Å². The number of fused-ring (bicyclic) bond motifs is 1. The van der Waals surface area contributed by atoms with Gasteiger partial charge >= 0.3 is 6.03 Å². The van der Waals surface area contributed by atoms with Crippen LogP contribution in [0, 0.1) is 5.92 Å². The van der Waals surface area contributed by atoms with Gasteiger partial charge in [-0.2, -0.15) is 0 Å². The van der Waals surface area contributed by atoms with Crippen LogP contribution in [0.5, 0.6) is 0 Å². The number of carbonyl (C=O) groups excluding carboxylic acids is 2. The first-order chi connectivity index (χ1) is 12.0. The first-order valence-electron chi connectivity index (χ1n) is 8.47. The maximum atomic E-state index is 12.3. The van der Waals surface area contributed by atoms with Crippen LogP contribution in [0.4, 0.5) is 4.79 Å². The predicted molar refractivity (Wildman–Crippen MR) is 91.9 cm³/mol. The van der Waals surface area contributed by atoms with Gasteiger partial charge in [-0.15, -0.1) is 5.10 Å². The molecule has 1 aromatic heterocycles. The van der Waals surface area contributed by atoms with Gasteiger partial charge in [-0.05, 0) is 30.9 Å². The van der Waals surface area contributed by atoms with Crippen LogP contribution in [0.1, 0.15) is 32.6 Å². The summed E-state index contributed by atoms with van der Waals surface area (Å²) in [6, 6.07) is 6.30. The van der Waals surface area contributed by atoms with E-state index in [1.54, 1.807) is 24.3 Å². The van der Waals surface area contributed by atoms with Crippen molar-refractivity contribution in [2.45, 2.75) is 45.2 Å². The summed E-state index contributed by atoms with van der Waals surface area (Å²) in [6.45, 7) is 1.74. The van der Waals surface area contributed by atoms with Crippen LogP contribution in [0.3, 0.4) is 0 Å². The van der Waals surface area contributed by atoms with Crippen molar-refractivity contribution in [3.63, 3.8) is 0 Å². The number of hydrogen-bond acceptors (Lipinski definition) is 5. The van der Waals surface area contributed by atoms with E-state index >= 15 is 0 Å². The lowest BCUT2D eigenvalue weighted by molar-refractivity contribution is -0.120. The van der Waals surface area contributed by atoms with E-state index in [-0.39, 0.29) is 12.6 Å². The lowest BCUT2D eigenvalue weighted by Crippen LogP contribution is -2.49. The molecule has 25 heavy (non-hydrogen) atoms. The van der Waals surface area contributed by atoms with Crippen molar-refractivity contribution in [2.24, 2.45) is 5.92 Å². The Morgan fingerprint density at radius 2 is 2.00 bits per heavy atom. The highest BCUT2D eigenvalue weighted by Gasteiger charge is 2.23. The fourth-order valence-electron chi connectivity index (χ4n) is 3.16. The Kier molecular flexibility index (Phi) is 5.06. The highest BCUT2D eigenvalue weighted by Crippen LogP contribution is 2.23. The number of imide groups is 1. The molecule has 1 aliphatic rings. The molecule has 0 radical (unpaired) electrons. The fourth-order valence-corrected chi connectivity index (χ4v) is 3.16. The van der Waals surface area contributed by atoms with Crippen molar-refractivity contribution in [2.75, 3.05) is 0 Å². The number of rotatable bonds is 3. The van der Waals surface area contributed by atoms with Gasteiger partial charge in [0.15, 0.2) is 0 Å². The Hall–Kier alpha value is -2.77. The smallest absolute Gasteiger partial charge is 0.321 e. The largest absolute Gasteiger partial charge is 0.335 e. The minimum absolute atomic E-state index is 0.0738. The second-order valence-corrected chi connectivity index (χ2v) is 6.46. The summed E-state index contributed by atoms with van der Waals surface area (Å²) in [6.07, 6.45) is 4.23. The number of nitrogens with zero attached hydrogens (tertiary/aromatic N) is 3. The molecule has 1 aromatic carbocycles. The molecular formula is C17H21N5O3. The van der Waals surface area contributed by atoms with Gasteiger partial charge in [0.1, 0.15) is 12.1 Å². The third kappa shape index (κ3) is 4.01. The van der Waals surface area contributed by atoms with Gasteiger partial charge in [0, 0.05) is 6.04 Å². The number of hydrogen-bond donors (Lipinski definition) is 2. The molecule has 1 heterocycles. The molecule has 0 saturated heterocycles. The Morgan fingerprint density at radius 3 is 2.80 bits per heavy atom. The predicted octanol–water partition coefficient (Wildman–Crippen LogP) is 1.20. The van der Waals surface area contributed by atoms with E-state index in [4.69, 9.17) is 0 Å². The quantitative estimate of drug-likeness (QED) is 0.871. The van der Waals surface area contributed by atoms with Crippen molar-refractivity contribution in [1.29, 1.82) is 0 Å². The molecule has 0 spiro atoms. The van der Waals surface area contributed by atoms with Crippen LogP contribution in [-0.2, 0) is 11.3 Å². The molecule has 1 aliphatic carbocycles. The molecule has 1 saturated carbocycles. The van der Waals surface area contributed by atoms with E-state index in [1.165, 1.54) is 6.42 Å². The number of amides is 3. The Labute approximate surface area is 144 Å². The maximum Gasteiger partial charge on any atom is 0.321 e. The molecule has 8 heteroatoms. The second kappa shape index (κ2) is 7.42. The van der Waals surface area contributed by atoms with Crippen molar-refractivity contribution in [1.82, 2.24) is 25.6 Å². The molecular weight excluding hydrogens is 322 g/mol. The highest BCUT2D eigenvalue weighted by atomic mass is 16.2. The summed E-state index contributed by atoms with van der Waals surface area (Å²) in [5, 5.41) is 13.1. The van der Waals surface area contributed by atoms with E-state index in [2.05, 4.69) is 27.9 Å². The SMILES string of the molecule is C[C@@H]1CCCC[C@H]1NC(=O)NC(=O)Cn1nnc2ccccc2c1=O. The average molecular weight is 343 g/mol. The summed E-state index contributed by atoms with van der Waals surface area (Å²) in [5.74, 6) is -0.212. The first kappa shape index (κ1) is 17.1. The van der Waals surface area contributed by atoms with Gasteiger partial charge in [0.05, 0.1) is 5.39 Å². The van der Waals surface area contributed by atoms with Gasteiger partial charge in [-0.3, -0.25) is 14.9 Å². The van der Waals surface area contributed by atoms with Crippen LogP contribution in [0.25, 0.3) is 10.9 Å². The average Bonchev–Trinajstić information content (AvgIpc) is 2.59. The Morgan fingerprint density at radius 1 is 1.24 bits per heavy atom. The Bertz CT molecular complexity index is 848. The van der Waals surface area contributed by atoms with E-state index in [1.807, 2.05) is 0 Å². The summed E-state index contributed by atoms with van der Waals surface area (Å²) < 4.78 is 0.953. The number of urea groups is 1. The molecule has 2 aromatic rings. The molecule has 0 aliphatic heterocycles. The van der Waals surface area contributed by atoms with Gasteiger partial charge in [0.25, 0.3) is 5.56 Å². The fraction of sp³-hybridized carbons (Fsp3) is 0.471. The third-order valence-corrected chi connectivity index (χ3v) is 4.60. The van der Waals surface area contributed by atoms with Gasteiger partial charge in [0.2, 0.25) is 5.91 Å². The van der Waals surface area contributed by atoms with Crippen LogP contribution in [0.2, 0.25) is 0 Å². The van der Waals surface area contributed by atoms with Crippen LogP contribution in [-0.4, -0.2) is 33.0 Å². The second-order valence-electron chi connectivity index (χ2n) is 6.46. The summed E-state index contributed by atoms with van der Waals surface area (Å²) in [7, 11) is 0. The van der Waals surface area contributed by atoms with E-state index < -0.39 is 17.5 Å². The van der Waals surface area contributed by atoms with Crippen molar-refractivity contribution < 1.29 is 9.59 Å². The number of carbonyl (C=O) groups is 2. The van der Waals surface area contributed by atoms with Crippen LogP contribution < -0.4 is 16.2 Å². The minimum atomic E-state index is -0.604. The zero-order valence-electron chi connectivity index (χ0n) is 14.1. The summed E-state index contributed by atoms with van der Waals surface area (Å²) in [4.78, 5) is 36.3. The lowest BCUT2D eigenvalue weighted by Gasteiger charge is -2.29. The topological polar surface area (TPSA) is 106 Å². The molecule has 2 N–H and O–H groups in total. The third-order valence-electron chi connectivity index (χ3n) is 4.60. The minimum Gasteiger partial charge on any atom is -0.335 e. The molecule has 8 nitrogen and oxygen atoms in total. The molecule has 1 fully saturated rings. The highest BCUT2D eigenvalue weighted by molar-refractivity contribution is 5.94. The van der Waals surface area contributed by atoms with E-state index in [0.717, 1.165) is 23.9 Å². The number of benzene rings is 1. The van der Waals surface area contributed by atoms with Crippen molar-refractivity contribution in [3.8, 4) is 0 Å². The number of aromatic nitrogens is 3. The first-order valence-corrected chi connectivity index (χ1v) is 8.47. The standard InChI is InChI=1S/C17H21N5O3/c1-11-6-2-4-8-13(11)18-17(25)19-15(23)10-22-16(24)12-7-3-5-9-14(12)20-21-22/h3,5,7,9,11,13H,2,4,6,8,10H2,1H3,(H2,18,19,23,25)/t11-,13-/m1/s1. The zero-order chi connectivity index (χ0) is 17.8. The van der Waals surface area contributed by atoms with Crippen LogP contribution in [0.15, 0.2) is 29.1 Å². The molecule has 0 bridgehead atoms. The van der Waals surface area contributed by atoms with E-state index in [9.17, 15) is 14.4 Å². The molecule has 132 valence electrons. The Balaban J connectivity index is 1.61. The summed E-state index contributed by atoms with van der Waals surface area (Å²) in [5.41, 5.74) is 0.0512. The van der Waals surface area contributed by atoms with Crippen molar-refractivity contribution >= 4 is 22.8 Å². The normalized spacial score (nSPS) is 20.2. The number of nitrogens with one attached hydrogen (secondary N) is 2. The van der Waals surface area contributed by atoms with Gasteiger partial charge in [-0.1, -0.05) is 37.1 Å². The lowest BCUT2D eigenvalue weighted by atomic mass is 9.86. The monoisotopic (exact) mass is 343 g/mol. The van der Waals surface area contributed by atoms with Crippen molar-refractivity contribution in [3.05, 3.63) is 34.6 Å². The maximum absolute atomic E-state index is 12.3. The molecule has 0 unspecified atom stereocenters. The molecule has 3 rings (SSSR count). The zero-order valence-corrected chi connectivity index (χ0v) is 14.1. The van der Waals surface area contributed by atoms with E-state index in [0.29, 0.717) is 16.8 Å². The van der Waals surface area contributed by atoms with Gasteiger partial charge < -0.3 is 5.32 Å². The molecule has 2 atom stereocenters. The van der Waals surface area contributed by atoms with Gasteiger partial charge in [-0.25, -0.2) is 9.48 Å².